The first kappa shape index (κ1) is 17.5. The first-order chi connectivity index (χ1) is 12.9. The van der Waals surface area contributed by atoms with Crippen molar-refractivity contribution in [3.8, 4) is 6.01 Å². The number of hydrogen-bond acceptors (Lipinski definition) is 6. The SMILES string of the molecule is CC1(CN2CCN(C(=O)c3ccccc3)CC2)Cn2cc([N+](=O)[O-])nc2O1. The van der Waals surface area contributed by atoms with Crippen LogP contribution < -0.4 is 4.74 Å². The molecule has 0 saturated carbocycles. The molecule has 1 atom stereocenters. The second-order valence-electron chi connectivity index (χ2n) is 7.25. The van der Waals surface area contributed by atoms with Crippen molar-refractivity contribution in [3.05, 3.63) is 52.2 Å². The Kier molecular flexibility index (Phi) is 4.31. The van der Waals surface area contributed by atoms with Crippen molar-refractivity contribution in [2.24, 2.45) is 0 Å². The Labute approximate surface area is 156 Å². The fraction of sp³-hybridized carbons (Fsp3) is 0.444. The molecule has 3 heterocycles. The maximum atomic E-state index is 12.5. The molecule has 27 heavy (non-hydrogen) atoms. The van der Waals surface area contributed by atoms with Crippen LogP contribution in [0.4, 0.5) is 5.82 Å². The van der Waals surface area contributed by atoms with Gasteiger partial charge in [0.1, 0.15) is 11.8 Å². The van der Waals surface area contributed by atoms with Crippen molar-refractivity contribution >= 4 is 11.7 Å². The van der Waals surface area contributed by atoms with E-state index >= 15 is 0 Å². The number of fused-ring (bicyclic) bond motifs is 1. The highest BCUT2D eigenvalue weighted by molar-refractivity contribution is 5.94. The highest BCUT2D eigenvalue weighted by Gasteiger charge is 2.42. The average molecular weight is 371 g/mol. The van der Waals surface area contributed by atoms with Crippen LogP contribution in [0.25, 0.3) is 0 Å². The van der Waals surface area contributed by atoms with Crippen LogP contribution in [0.1, 0.15) is 17.3 Å². The summed E-state index contributed by atoms with van der Waals surface area (Å²) in [7, 11) is 0. The number of carbonyl (C=O) groups is 1. The lowest BCUT2D eigenvalue weighted by atomic mass is 10.1. The molecule has 1 aromatic carbocycles. The van der Waals surface area contributed by atoms with Crippen molar-refractivity contribution in [1.82, 2.24) is 19.4 Å². The van der Waals surface area contributed by atoms with E-state index in [1.54, 1.807) is 4.57 Å². The third-order valence-corrected chi connectivity index (χ3v) is 5.00. The van der Waals surface area contributed by atoms with Gasteiger partial charge in [0.2, 0.25) is 0 Å². The average Bonchev–Trinajstić information content (AvgIpc) is 3.17. The molecule has 1 amide bonds. The number of benzene rings is 1. The minimum Gasteiger partial charge on any atom is -0.436 e. The van der Waals surface area contributed by atoms with Gasteiger partial charge >= 0.3 is 11.8 Å². The van der Waals surface area contributed by atoms with Crippen LogP contribution >= 0.6 is 0 Å². The zero-order valence-corrected chi connectivity index (χ0v) is 15.1. The van der Waals surface area contributed by atoms with E-state index in [1.807, 2.05) is 42.2 Å². The predicted molar refractivity (Wildman–Crippen MR) is 96.7 cm³/mol. The summed E-state index contributed by atoms with van der Waals surface area (Å²) in [5, 5.41) is 10.8. The topological polar surface area (TPSA) is 93.7 Å². The molecule has 2 aliphatic heterocycles. The number of hydrogen-bond donors (Lipinski definition) is 0. The van der Waals surface area contributed by atoms with Gasteiger partial charge in [0, 0.05) is 43.3 Å². The quantitative estimate of drug-likeness (QED) is 0.596. The number of carbonyl (C=O) groups excluding carboxylic acids is 1. The predicted octanol–water partition coefficient (Wildman–Crippen LogP) is 1.40. The number of nitrogens with zero attached hydrogens (tertiary/aromatic N) is 5. The first-order valence-corrected chi connectivity index (χ1v) is 8.91. The second-order valence-corrected chi connectivity index (χ2v) is 7.25. The Morgan fingerprint density at radius 3 is 2.59 bits per heavy atom. The van der Waals surface area contributed by atoms with E-state index in [9.17, 15) is 14.9 Å². The molecular weight excluding hydrogens is 350 g/mol. The third kappa shape index (κ3) is 3.50. The molecule has 0 radical (unpaired) electrons. The number of rotatable bonds is 4. The van der Waals surface area contributed by atoms with Crippen LogP contribution in [0, 0.1) is 10.1 Å². The highest BCUT2D eigenvalue weighted by Crippen LogP contribution is 2.31. The Morgan fingerprint density at radius 1 is 1.26 bits per heavy atom. The largest absolute Gasteiger partial charge is 0.436 e. The van der Waals surface area contributed by atoms with Crippen LogP contribution in [-0.4, -0.2) is 68.5 Å². The highest BCUT2D eigenvalue weighted by atomic mass is 16.6. The Bertz CT molecular complexity index is 834. The van der Waals surface area contributed by atoms with Gasteiger partial charge in [-0.25, -0.2) is 0 Å². The van der Waals surface area contributed by atoms with E-state index in [1.165, 1.54) is 6.20 Å². The Morgan fingerprint density at radius 2 is 1.96 bits per heavy atom. The molecule has 1 aromatic heterocycles. The smallest absolute Gasteiger partial charge is 0.415 e. The number of ether oxygens (including phenoxy) is 1. The van der Waals surface area contributed by atoms with Gasteiger partial charge in [0.05, 0.1) is 6.54 Å². The molecule has 1 fully saturated rings. The maximum absolute atomic E-state index is 12.5. The summed E-state index contributed by atoms with van der Waals surface area (Å²) in [6.07, 6.45) is 1.41. The van der Waals surface area contributed by atoms with E-state index in [-0.39, 0.29) is 11.7 Å². The summed E-state index contributed by atoms with van der Waals surface area (Å²) >= 11 is 0. The van der Waals surface area contributed by atoms with E-state index in [4.69, 9.17) is 4.74 Å². The molecule has 9 nitrogen and oxygen atoms in total. The van der Waals surface area contributed by atoms with Gasteiger partial charge in [0.25, 0.3) is 5.91 Å². The number of imidazole rings is 1. The summed E-state index contributed by atoms with van der Waals surface area (Å²) in [4.78, 5) is 30.9. The molecule has 2 aromatic rings. The molecule has 1 unspecified atom stereocenters. The summed E-state index contributed by atoms with van der Waals surface area (Å²) in [6.45, 7) is 6.04. The van der Waals surface area contributed by atoms with Crippen molar-refractivity contribution in [1.29, 1.82) is 0 Å². The van der Waals surface area contributed by atoms with E-state index in [0.29, 0.717) is 37.8 Å². The van der Waals surface area contributed by atoms with Crippen LogP contribution in [0.3, 0.4) is 0 Å². The summed E-state index contributed by atoms with van der Waals surface area (Å²) < 4.78 is 7.58. The van der Waals surface area contributed by atoms with Crippen LogP contribution in [-0.2, 0) is 6.54 Å². The third-order valence-electron chi connectivity index (χ3n) is 5.00. The maximum Gasteiger partial charge on any atom is 0.415 e. The number of nitro groups is 1. The number of amides is 1. The minimum absolute atomic E-state index is 0.0611. The van der Waals surface area contributed by atoms with E-state index in [0.717, 1.165) is 13.1 Å². The normalized spacial score (nSPS) is 22.3. The molecule has 1 saturated heterocycles. The molecule has 4 rings (SSSR count). The number of piperazine rings is 1. The van der Waals surface area contributed by atoms with Crippen molar-refractivity contribution in [2.45, 2.75) is 19.1 Å². The fourth-order valence-electron chi connectivity index (χ4n) is 3.71. The van der Waals surface area contributed by atoms with Crippen molar-refractivity contribution in [2.75, 3.05) is 32.7 Å². The van der Waals surface area contributed by atoms with E-state index < -0.39 is 10.5 Å². The standard InChI is InChI=1S/C18H21N5O4/c1-18(13-22-11-15(23(25)26)19-17(22)27-18)12-20-7-9-21(10-8-20)16(24)14-5-3-2-4-6-14/h2-6,11H,7-10,12-13H2,1H3. The molecule has 0 N–H and O–H groups in total. The van der Waals surface area contributed by atoms with Gasteiger partial charge in [-0.05, 0) is 24.0 Å². The minimum atomic E-state index is -0.519. The summed E-state index contributed by atoms with van der Waals surface area (Å²) in [5.41, 5.74) is 0.229. The molecular formula is C18H21N5O4. The van der Waals surface area contributed by atoms with Crippen LogP contribution in [0.15, 0.2) is 36.5 Å². The lowest BCUT2D eigenvalue weighted by molar-refractivity contribution is -0.389. The molecule has 9 heteroatoms. The zero-order chi connectivity index (χ0) is 19.0. The zero-order valence-electron chi connectivity index (χ0n) is 15.1. The molecule has 0 bridgehead atoms. The van der Waals surface area contributed by atoms with E-state index in [2.05, 4.69) is 9.88 Å². The molecule has 0 spiro atoms. The molecule has 142 valence electrons. The molecule has 2 aliphatic rings. The van der Waals surface area contributed by atoms with Gasteiger partial charge in [-0.1, -0.05) is 18.2 Å². The second kappa shape index (κ2) is 6.66. The van der Waals surface area contributed by atoms with Gasteiger partial charge in [-0.3, -0.25) is 14.3 Å². The van der Waals surface area contributed by atoms with Crippen LogP contribution in [0.2, 0.25) is 0 Å². The van der Waals surface area contributed by atoms with Gasteiger partial charge < -0.3 is 19.8 Å². The summed E-state index contributed by atoms with van der Waals surface area (Å²) in [5.74, 6) is -0.133. The monoisotopic (exact) mass is 371 g/mol. The Hall–Kier alpha value is -2.94. The summed E-state index contributed by atoms with van der Waals surface area (Å²) in [6, 6.07) is 9.61. The molecule has 0 aliphatic carbocycles. The van der Waals surface area contributed by atoms with Gasteiger partial charge in [-0.15, -0.1) is 0 Å². The van der Waals surface area contributed by atoms with Crippen molar-refractivity contribution in [3.63, 3.8) is 0 Å². The van der Waals surface area contributed by atoms with Gasteiger partial charge in [-0.2, -0.15) is 0 Å². The van der Waals surface area contributed by atoms with Crippen LogP contribution in [0.5, 0.6) is 6.01 Å². The lowest BCUT2D eigenvalue weighted by Gasteiger charge is -2.38. The fourth-order valence-corrected chi connectivity index (χ4v) is 3.71. The number of aromatic nitrogens is 2. The lowest BCUT2D eigenvalue weighted by Crippen LogP contribution is -2.53. The first-order valence-electron chi connectivity index (χ1n) is 8.91. The van der Waals surface area contributed by atoms with Gasteiger partial charge in [0.15, 0.2) is 0 Å². The Balaban J connectivity index is 1.32. The van der Waals surface area contributed by atoms with Crippen molar-refractivity contribution < 1.29 is 14.5 Å².